The molecule has 2 aromatic heterocycles. The molecule has 0 bridgehead atoms. The highest BCUT2D eigenvalue weighted by molar-refractivity contribution is 9.10. The van der Waals surface area contributed by atoms with Crippen molar-refractivity contribution >= 4 is 44.8 Å². The number of hydrogen-bond acceptors (Lipinski definition) is 5. The molecule has 0 atom stereocenters. The first-order valence-electron chi connectivity index (χ1n) is 6.20. The Labute approximate surface area is 143 Å². The third-order valence-electron chi connectivity index (χ3n) is 2.79. The third kappa shape index (κ3) is 3.34. The van der Waals surface area contributed by atoms with Crippen LogP contribution in [0, 0.1) is 0 Å². The lowest BCUT2D eigenvalue weighted by molar-refractivity contribution is 0.0953. The van der Waals surface area contributed by atoms with E-state index in [0.29, 0.717) is 15.0 Å². The van der Waals surface area contributed by atoms with Gasteiger partial charge in [-0.1, -0.05) is 33.6 Å². The minimum Gasteiger partial charge on any atom is -0.344 e. The highest BCUT2D eigenvalue weighted by Gasteiger charge is 2.12. The summed E-state index contributed by atoms with van der Waals surface area (Å²) >= 11 is 10.5. The van der Waals surface area contributed by atoms with Crippen LogP contribution in [0.15, 0.2) is 40.9 Å². The number of tetrazole rings is 1. The lowest BCUT2D eigenvalue weighted by Crippen LogP contribution is -2.24. The van der Waals surface area contributed by atoms with Crippen molar-refractivity contribution in [1.82, 2.24) is 25.5 Å². The number of aromatic nitrogens is 4. The number of hydrogen-bond donors (Lipinski definition) is 1. The van der Waals surface area contributed by atoms with E-state index < -0.39 is 0 Å². The van der Waals surface area contributed by atoms with Crippen molar-refractivity contribution in [3.05, 3.63) is 55.9 Å². The summed E-state index contributed by atoms with van der Waals surface area (Å²) in [6, 6.07) is 10.9. The zero-order chi connectivity index (χ0) is 15.5. The highest BCUT2D eigenvalue weighted by Crippen LogP contribution is 2.21. The highest BCUT2D eigenvalue weighted by atomic mass is 79.9. The van der Waals surface area contributed by atoms with E-state index >= 15 is 0 Å². The van der Waals surface area contributed by atoms with Crippen LogP contribution in [0.25, 0.3) is 5.69 Å². The number of carbonyl (C=O) groups is 1. The molecular weight excluding hydrogens is 390 g/mol. The first kappa shape index (κ1) is 15.1. The zero-order valence-electron chi connectivity index (χ0n) is 11.0. The Morgan fingerprint density at radius 2 is 2.23 bits per heavy atom. The Bertz CT molecular complexity index is 818. The molecule has 1 N–H and O–H groups in total. The normalized spacial score (nSPS) is 10.6. The Kier molecular flexibility index (Phi) is 4.51. The second-order valence-corrected chi connectivity index (χ2v) is 6.90. The van der Waals surface area contributed by atoms with E-state index in [-0.39, 0.29) is 12.5 Å². The maximum Gasteiger partial charge on any atom is 0.261 e. The molecule has 3 aromatic rings. The van der Waals surface area contributed by atoms with Gasteiger partial charge in [0.2, 0.25) is 0 Å². The number of carbonyl (C=O) groups excluding carboxylic acids is 1. The predicted octanol–water partition coefficient (Wildman–Crippen LogP) is 3.07. The Balaban J connectivity index is 1.74. The Morgan fingerprint density at radius 1 is 1.36 bits per heavy atom. The largest absolute Gasteiger partial charge is 0.344 e. The molecule has 0 saturated heterocycles. The van der Waals surface area contributed by atoms with Gasteiger partial charge in [0.05, 0.1) is 21.4 Å². The number of nitrogens with zero attached hydrogens (tertiary/aromatic N) is 4. The second-order valence-electron chi connectivity index (χ2n) is 4.27. The van der Waals surface area contributed by atoms with Crippen LogP contribution < -0.4 is 5.32 Å². The average molecular weight is 399 g/mol. The molecule has 0 fully saturated rings. The summed E-state index contributed by atoms with van der Waals surface area (Å²) in [6.45, 7) is 0.216. The van der Waals surface area contributed by atoms with Crippen LogP contribution in [0.3, 0.4) is 0 Å². The summed E-state index contributed by atoms with van der Waals surface area (Å²) in [4.78, 5) is 12.6. The van der Waals surface area contributed by atoms with Gasteiger partial charge in [0, 0.05) is 4.47 Å². The minimum absolute atomic E-state index is 0.208. The van der Waals surface area contributed by atoms with Crippen molar-refractivity contribution in [3.8, 4) is 5.69 Å². The second kappa shape index (κ2) is 6.55. The molecule has 0 radical (unpaired) electrons. The van der Waals surface area contributed by atoms with E-state index in [4.69, 9.17) is 11.6 Å². The van der Waals surface area contributed by atoms with Crippen LogP contribution >= 0.6 is 38.9 Å². The molecule has 112 valence electrons. The summed E-state index contributed by atoms with van der Waals surface area (Å²) in [6.07, 6.45) is 0. The molecule has 0 spiro atoms. The van der Waals surface area contributed by atoms with E-state index in [1.807, 2.05) is 24.3 Å². The van der Waals surface area contributed by atoms with Crippen LogP contribution in [-0.2, 0) is 6.54 Å². The molecule has 3 rings (SSSR count). The monoisotopic (exact) mass is 397 g/mol. The number of rotatable bonds is 4. The van der Waals surface area contributed by atoms with E-state index in [1.54, 1.807) is 16.8 Å². The molecular formula is C13H9BrClN5OS. The summed E-state index contributed by atoms with van der Waals surface area (Å²) in [5.74, 6) is 0.329. The van der Waals surface area contributed by atoms with E-state index in [9.17, 15) is 4.79 Å². The van der Waals surface area contributed by atoms with Gasteiger partial charge in [-0.05, 0) is 40.8 Å². The van der Waals surface area contributed by atoms with Gasteiger partial charge in [-0.2, -0.15) is 4.68 Å². The minimum atomic E-state index is -0.208. The number of nitrogens with one attached hydrogen (secondary N) is 1. The molecule has 0 aliphatic rings. The maximum absolute atomic E-state index is 12.0. The van der Waals surface area contributed by atoms with Gasteiger partial charge in [0.1, 0.15) is 0 Å². The molecule has 0 saturated carbocycles. The van der Waals surface area contributed by atoms with Gasteiger partial charge in [0.15, 0.2) is 5.82 Å². The van der Waals surface area contributed by atoms with E-state index in [0.717, 1.165) is 10.2 Å². The SMILES string of the molecule is O=C(NCc1nnnn1-c1cccc(Br)c1)c1ccc(Cl)s1. The average Bonchev–Trinajstić information content (AvgIpc) is 3.13. The van der Waals surface area contributed by atoms with Gasteiger partial charge in [-0.25, -0.2) is 0 Å². The summed E-state index contributed by atoms with van der Waals surface area (Å²) in [5.41, 5.74) is 0.808. The summed E-state index contributed by atoms with van der Waals surface area (Å²) < 4.78 is 3.07. The first-order valence-corrected chi connectivity index (χ1v) is 8.19. The van der Waals surface area contributed by atoms with Crippen molar-refractivity contribution < 1.29 is 4.79 Å². The molecule has 1 aromatic carbocycles. The van der Waals surface area contributed by atoms with Gasteiger partial charge in [0.25, 0.3) is 5.91 Å². The number of benzene rings is 1. The van der Waals surface area contributed by atoms with Gasteiger partial charge in [-0.15, -0.1) is 16.4 Å². The summed E-state index contributed by atoms with van der Waals surface area (Å²) in [7, 11) is 0. The molecule has 6 nitrogen and oxygen atoms in total. The lowest BCUT2D eigenvalue weighted by Gasteiger charge is -2.06. The fourth-order valence-corrected chi connectivity index (χ4v) is 3.15. The lowest BCUT2D eigenvalue weighted by atomic mass is 10.3. The third-order valence-corrected chi connectivity index (χ3v) is 4.51. The number of thiophene rings is 1. The maximum atomic E-state index is 12.0. The molecule has 0 aliphatic carbocycles. The molecule has 1 amide bonds. The van der Waals surface area contributed by atoms with E-state index in [2.05, 4.69) is 36.8 Å². The van der Waals surface area contributed by atoms with Crippen LogP contribution in [0.4, 0.5) is 0 Å². The van der Waals surface area contributed by atoms with Crippen LogP contribution in [0.2, 0.25) is 4.34 Å². The van der Waals surface area contributed by atoms with Gasteiger partial charge >= 0.3 is 0 Å². The molecule has 22 heavy (non-hydrogen) atoms. The van der Waals surface area contributed by atoms with E-state index in [1.165, 1.54) is 11.3 Å². The Hall–Kier alpha value is -1.77. The number of halogens is 2. The van der Waals surface area contributed by atoms with Crippen LogP contribution in [-0.4, -0.2) is 26.1 Å². The Morgan fingerprint density at radius 3 is 2.95 bits per heavy atom. The predicted molar refractivity (Wildman–Crippen MR) is 87.4 cm³/mol. The topological polar surface area (TPSA) is 72.7 Å². The standard InChI is InChI=1S/C13H9BrClN5OS/c14-8-2-1-3-9(6-8)20-12(17-18-19-20)7-16-13(21)10-4-5-11(15)22-10/h1-6H,7H2,(H,16,21). The zero-order valence-corrected chi connectivity index (χ0v) is 14.2. The molecule has 2 heterocycles. The van der Waals surface area contributed by atoms with Gasteiger partial charge < -0.3 is 5.32 Å². The summed E-state index contributed by atoms with van der Waals surface area (Å²) in [5, 5.41) is 14.3. The van der Waals surface area contributed by atoms with Crippen molar-refractivity contribution in [2.75, 3.05) is 0 Å². The first-order chi connectivity index (χ1) is 10.6. The molecule has 0 aliphatic heterocycles. The fourth-order valence-electron chi connectivity index (χ4n) is 1.81. The van der Waals surface area contributed by atoms with Crippen molar-refractivity contribution in [2.45, 2.75) is 6.54 Å². The molecule has 0 unspecified atom stereocenters. The quantitative estimate of drug-likeness (QED) is 0.733. The number of amides is 1. The fraction of sp³-hybridized carbons (Fsp3) is 0.0769. The molecule has 9 heteroatoms. The van der Waals surface area contributed by atoms with Crippen LogP contribution in [0.1, 0.15) is 15.5 Å². The smallest absolute Gasteiger partial charge is 0.261 e. The van der Waals surface area contributed by atoms with Crippen molar-refractivity contribution in [1.29, 1.82) is 0 Å². The van der Waals surface area contributed by atoms with Crippen molar-refractivity contribution in [2.24, 2.45) is 0 Å². The van der Waals surface area contributed by atoms with Crippen molar-refractivity contribution in [3.63, 3.8) is 0 Å². The van der Waals surface area contributed by atoms with Gasteiger partial charge in [-0.3, -0.25) is 4.79 Å². The van der Waals surface area contributed by atoms with Crippen LogP contribution in [0.5, 0.6) is 0 Å².